The molecule has 2 saturated carbocycles. The molecule has 2 aliphatic rings. The Labute approximate surface area is 110 Å². The predicted molar refractivity (Wildman–Crippen MR) is 71.0 cm³/mol. The zero-order valence-electron chi connectivity index (χ0n) is 9.99. The van der Waals surface area contributed by atoms with Crippen molar-refractivity contribution in [3.8, 4) is 0 Å². The summed E-state index contributed by atoms with van der Waals surface area (Å²) in [6, 6.07) is 4.59. The average Bonchev–Trinajstić information content (AvgIpc) is 3.19. The predicted octanol–water partition coefficient (Wildman–Crippen LogP) is 3.85. The highest BCUT2D eigenvalue weighted by atomic mass is 35.5. The van der Waals surface area contributed by atoms with Crippen molar-refractivity contribution in [3.05, 3.63) is 33.3 Å². The Morgan fingerprint density at radius 3 is 2.67 bits per heavy atom. The summed E-state index contributed by atoms with van der Waals surface area (Å²) in [5.41, 5.74) is 1.33. The van der Waals surface area contributed by atoms with Crippen LogP contribution in [0.25, 0.3) is 0 Å². The van der Waals surface area contributed by atoms with Crippen molar-refractivity contribution < 1.29 is 4.92 Å². The number of halogens is 1. The van der Waals surface area contributed by atoms with Gasteiger partial charge in [-0.15, -0.1) is 0 Å². The summed E-state index contributed by atoms with van der Waals surface area (Å²) in [4.78, 5) is 10.2. The number of hydrogen-bond acceptors (Lipinski definition) is 3. The largest absolute Gasteiger partial charge is 0.383 e. The Bertz CT molecular complexity index is 496. The highest BCUT2D eigenvalue weighted by Crippen LogP contribution is 2.61. The molecular weight excluding hydrogens is 252 g/mol. The van der Waals surface area contributed by atoms with Gasteiger partial charge in [0, 0.05) is 18.7 Å². The summed E-state index contributed by atoms with van der Waals surface area (Å²) in [5, 5.41) is 14.4. The van der Waals surface area contributed by atoms with Gasteiger partial charge < -0.3 is 5.32 Å². The summed E-state index contributed by atoms with van der Waals surface area (Å²) in [7, 11) is 0. The Morgan fingerprint density at radius 1 is 1.44 bits per heavy atom. The van der Waals surface area contributed by atoms with Gasteiger partial charge in [0.2, 0.25) is 0 Å². The van der Waals surface area contributed by atoms with Crippen LogP contribution in [0, 0.1) is 21.4 Å². The molecule has 3 rings (SSSR count). The molecule has 0 amide bonds. The van der Waals surface area contributed by atoms with E-state index in [9.17, 15) is 10.1 Å². The summed E-state index contributed by atoms with van der Waals surface area (Å²) >= 11 is 6.05. The standard InChI is InChI=1S/C13H15ClN2O2/c14-11-7-10(16(17)18)3-4-12(11)15-8-13(5-6-13)9-1-2-9/h3-4,7,9,15H,1-2,5-6,8H2. The number of rotatable bonds is 5. The van der Waals surface area contributed by atoms with Crippen LogP contribution in [0.3, 0.4) is 0 Å². The van der Waals surface area contributed by atoms with Crippen molar-refractivity contribution in [2.45, 2.75) is 25.7 Å². The van der Waals surface area contributed by atoms with Gasteiger partial charge >= 0.3 is 0 Å². The highest BCUT2D eigenvalue weighted by molar-refractivity contribution is 6.33. The van der Waals surface area contributed by atoms with Gasteiger partial charge in [0.05, 0.1) is 15.6 Å². The highest BCUT2D eigenvalue weighted by Gasteiger charge is 2.53. The zero-order chi connectivity index (χ0) is 12.8. The van der Waals surface area contributed by atoms with Crippen LogP contribution in [0.2, 0.25) is 5.02 Å². The van der Waals surface area contributed by atoms with Gasteiger partial charge in [-0.2, -0.15) is 0 Å². The van der Waals surface area contributed by atoms with Gasteiger partial charge in [-0.3, -0.25) is 10.1 Å². The normalized spacial score (nSPS) is 20.5. The number of non-ortho nitro benzene ring substituents is 1. The van der Waals surface area contributed by atoms with Gasteiger partial charge in [0.15, 0.2) is 0 Å². The second-order valence-electron chi connectivity index (χ2n) is 5.41. The summed E-state index contributed by atoms with van der Waals surface area (Å²) in [6.45, 7) is 0.940. The molecule has 0 bridgehead atoms. The van der Waals surface area contributed by atoms with Crippen LogP contribution < -0.4 is 5.32 Å². The number of nitro benzene ring substituents is 1. The maximum atomic E-state index is 10.6. The quantitative estimate of drug-likeness (QED) is 0.650. The van der Waals surface area contributed by atoms with E-state index in [4.69, 9.17) is 11.6 Å². The fourth-order valence-electron chi connectivity index (χ4n) is 2.62. The topological polar surface area (TPSA) is 55.2 Å². The number of nitrogens with zero attached hydrogens (tertiary/aromatic N) is 1. The van der Waals surface area contributed by atoms with E-state index >= 15 is 0 Å². The molecule has 2 fully saturated rings. The average molecular weight is 267 g/mol. The molecule has 0 atom stereocenters. The first kappa shape index (κ1) is 11.8. The summed E-state index contributed by atoms with van der Waals surface area (Å²) < 4.78 is 0. The molecule has 1 N–H and O–H groups in total. The first-order valence-corrected chi connectivity index (χ1v) is 6.66. The van der Waals surface area contributed by atoms with Crippen molar-refractivity contribution >= 4 is 23.0 Å². The minimum Gasteiger partial charge on any atom is -0.383 e. The third-order valence-corrected chi connectivity index (χ3v) is 4.44. The third kappa shape index (κ3) is 2.17. The minimum atomic E-state index is -0.428. The van der Waals surface area contributed by atoms with Gasteiger partial charge in [-0.1, -0.05) is 11.6 Å². The van der Waals surface area contributed by atoms with E-state index < -0.39 is 4.92 Å². The maximum absolute atomic E-state index is 10.6. The molecule has 0 unspecified atom stereocenters. The molecule has 0 heterocycles. The zero-order valence-corrected chi connectivity index (χ0v) is 10.7. The molecule has 96 valence electrons. The second kappa shape index (κ2) is 4.12. The molecule has 1 aromatic carbocycles. The first-order valence-electron chi connectivity index (χ1n) is 6.29. The van der Waals surface area contributed by atoms with E-state index in [1.165, 1.54) is 37.8 Å². The lowest BCUT2D eigenvalue weighted by Crippen LogP contribution is -2.17. The number of anilines is 1. The van der Waals surface area contributed by atoms with Crippen molar-refractivity contribution in [2.75, 3.05) is 11.9 Å². The molecule has 0 aromatic heterocycles. The number of nitro groups is 1. The van der Waals surface area contributed by atoms with Crippen molar-refractivity contribution in [3.63, 3.8) is 0 Å². The molecular formula is C13H15ClN2O2. The van der Waals surface area contributed by atoms with Crippen LogP contribution in [0.15, 0.2) is 18.2 Å². The smallest absolute Gasteiger partial charge is 0.271 e. The van der Waals surface area contributed by atoms with E-state index in [0.717, 1.165) is 18.2 Å². The van der Waals surface area contributed by atoms with Crippen LogP contribution >= 0.6 is 11.6 Å². The molecule has 2 aliphatic carbocycles. The Balaban J connectivity index is 1.67. The van der Waals surface area contributed by atoms with E-state index in [2.05, 4.69) is 5.32 Å². The molecule has 1 aromatic rings. The molecule has 0 aliphatic heterocycles. The monoisotopic (exact) mass is 266 g/mol. The van der Waals surface area contributed by atoms with Gasteiger partial charge in [-0.25, -0.2) is 0 Å². The lowest BCUT2D eigenvalue weighted by molar-refractivity contribution is -0.384. The van der Waals surface area contributed by atoms with Crippen LogP contribution in [-0.2, 0) is 0 Å². The molecule has 0 spiro atoms. The van der Waals surface area contributed by atoms with Gasteiger partial charge in [-0.05, 0) is 43.1 Å². The van der Waals surface area contributed by atoms with E-state index in [-0.39, 0.29) is 5.69 Å². The van der Waals surface area contributed by atoms with Crippen molar-refractivity contribution in [2.24, 2.45) is 11.3 Å². The number of hydrogen-bond donors (Lipinski definition) is 1. The fraction of sp³-hybridized carbons (Fsp3) is 0.538. The SMILES string of the molecule is O=[N+]([O-])c1ccc(NCC2(C3CC3)CC2)c(Cl)c1. The Morgan fingerprint density at radius 2 is 2.17 bits per heavy atom. The van der Waals surface area contributed by atoms with Crippen LogP contribution in [0.4, 0.5) is 11.4 Å². The minimum absolute atomic E-state index is 0.0360. The first-order chi connectivity index (χ1) is 8.61. The number of benzene rings is 1. The van der Waals surface area contributed by atoms with Crippen molar-refractivity contribution in [1.82, 2.24) is 0 Å². The van der Waals surface area contributed by atoms with Crippen LogP contribution in [-0.4, -0.2) is 11.5 Å². The molecule has 0 radical (unpaired) electrons. The van der Waals surface area contributed by atoms with Crippen LogP contribution in [0.5, 0.6) is 0 Å². The van der Waals surface area contributed by atoms with Gasteiger partial charge in [0.25, 0.3) is 5.69 Å². The van der Waals surface area contributed by atoms with E-state index in [1.54, 1.807) is 6.07 Å². The van der Waals surface area contributed by atoms with Crippen molar-refractivity contribution in [1.29, 1.82) is 0 Å². The third-order valence-electron chi connectivity index (χ3n) is 4.13. The summed E-state index contributed by atoms with van der Waals surface area (Å²) in [5.74, 6) is 0.891. The summed E-state index contributed by atoms with van der Waals surface area (Å²) in [6.07, 6.45) is 5.32. The molecule has 18 heavy (non-hydrogen) atoms. The number of nitrogens with one attached hydrogen (secondary N) is 1. The Hall–Kier alpha value is -1.29. The van der Waals surface area contributed by atoms with Crippen LogP contribution in [0.1, 0.15) is 25.7 Å². The molecule has 5 heteroatoms. The molecule has 4 nitrogen and oxygen atoms in total. The fourth-order valence-corrected chi connectivity index (χ4v) is 2.86. The van der Waals surface area contributed by atoms with E-state index in [1.807, 2.05) is 0 Å². The Kier molecular flexibility index (Phi) is 2.70. The lowest BCUT2D eigenvalue weighted by atomic mass is 10.0. The van der Waals surface area contributed by atoms with Gasteiger partial charge in [0.1, 0.15) is 0 Å². The molecule has 0 saturated heterocycles. The maximum Gasteiger partial charge on any atom is 0.271 e. The second-order valence-corrected chi connectivity index (χ2v) is 5.82. The van der Waals surface area contributed by atoms with E-state index in [0.29, 0.717) is 10.4 Å². The lowest BCUT2D eigenvalue weighted by Gasteiger charge is -2.16.